The van der Waals surface area contributed by atoms with E-state index in [0.29, 0.717) is 11.5 Å². The van der Waals surface area contributed by atoms with Gasteiger partial charge in [-0.05, 0) is 30.5 Å². The predicted octanol–water partition coefficient (Wildman–Crippen LogP) is 3.22. The normalized spacial score (nSPS) is 10.5. The van der Waals surface area contributed by atoms with Crippen LogP contribution < -0.4 is 0 Å². The Labute approximate surface area is 90.3 Å². The Kier molecular flexibility index (Phi) is 2.68. The van der Waals surface area contributed by atoms with Crippen LogP contribution >= 0.6 is 11.3 Å². The molecule has 0 saturated heterocycles. The van der Waals surface area contributed by atoms with Crippen molar-refractivity contribution in [3.05, 3.63) is 35.0 Å². The van der Waals surface area contributed by atoms with Gasteiger partial charge in [0.2, 0.25) is 0 Å². The van der Waals surface area contributed by atoms with Crippen LogP contribution in [0.4, 0.5) is 4.39 Å². The van der Waals surface area contributed by atoms with Crippen LogP contribution in [0, 0.1) is 5.82 Å². The second-order valence-corrected chi connectivity index (χ2v) is 4.10. The monoisotopic (exact) mass is 224 g/mol. The first-order valence-corrected chi connectivity index (χ1v) is 5.38. The molecule has 1 heterocycles. The van der Waals surface area contributed by atoms with Gasteiger partial charge in [-0.15, -0.1) is 11.3 Å². The molecule has 0 N–H and O–H groups in total. The van der Waals surface area contributed by atoms with E-state index in [9.17, 15) is 9.18 Å². The molecule has 0 unspecified atom stereocenters. The number of carbonyl (C=O) groups excluding carboxylic acids is 1. The van der Waals surface area contributed by atoms with Crippen LogP contribution in [0.25, 0.3) is 10.1 Å². The summed E-state index contributed by atoms with van der Waals surface area (Å²) >= 11 is 1.24. The molecule has 0 fully saturated rings. The highest BCUT2D eigenvalue weighted by Gasteiger charge is 2.10. The van der Waals surface area contributed by atoms with Gasteiger partial charge in [0.1, 0.15) is 10.7 Å². The summed E-state index contributed by atoms with van der Waals surface area (Å²) < 4.78 is 18.5. The second-order valence-electron chi connectivity index (χ2n) is 3.01. The lowest BCUT2D eigenvalue weighted by atomic mass is 10.2. The Morgan fingerprint density at radius 1 is 1.47 bits per heavy atom. The highest BCUT2D eigenvalue weighted by molar-refractivity contribution is 7.20. The van der Waals surface area contributed by atoms with Gasteiger partial charge in [0.05, 0.1) is 6.61 Å². The molecule has 2 aromatic rings. The number of rotatable bonds is 2. The second kappa shape index (κ2) is 3.98. The van der Waals surface area contributed by atoms with E-state index in [1.165, 1.54) is 23.5 Å². The summed E-state index contributed by atoms with van der Waals surface area (Å²) in [5.74, 6) is -0.640. The van der Waals surface area contributed by atoms with Crippen molar-refractivity contribution < 1.29 is 13.9 Å². The Bertz CT molecular complexity index is 504. The van der Waals surface area contributed by atoms with Crippen molar-refractivity contribution in [3.8, 4) is 0 Å². The van der Waals surface area contributed by atoms with Crippen LogP contribution in [0.15, 0.2) is 24.3 Å². The maximum Gasteiger partial charge on any atom is 0.348 e. The lowest BCUT2D eigenvalue weighted by Crippen LogP contribution is -2.01. The molecule has 0 bridgehead atoms. The summed E-state index contributed by atoms with van der Waals surface area (Å²) in [6.45, 7) is 2.10. The lowest BCUT2D eigenvalue weighted by molar-refractivity contribution is 0.0532. The first-order chi connectivity index (χ1) is 7.20. The molecule has 1 aromatic heterocycles. The fraction of sp³-hybridized carbons (Fsp3) is 0.182. The summed E-state index contributed by atoms with van der Waals surface area (Å²) in [5, 5.41) is 0.865. The molecule has 78 valence electrons. The van der Waals surface area contributed by atoms with Crippen molar-refractivity contribution >= 4 is 27.4 Å². The maximum absolute atomic E-state index is 12.9. The summed E-state index contributed by atoms with van der Waals surface area (Å²) in [4.78, 5) is 11.9. The number of carbonyl (C=O) groups is 1. The van der Waals surface area contributed by atoms with Crippen LogP contribution in [0.2, 0.25) is 0 Å². The molecule has 0 aliphatic carbocycles. The molecule has 0 aliphatic rings. The van der Waals surface area contributed by atoms with Crippen LogP contribution in [-0.4, -0.2) is 12.6 Å². The molecule has 0 spiro atoms. The number of ether oxygens (including phenoxy) is 1. The topological polar surface area (TPSA) is 26.3 Å². The standard InChI is InChI=1S/C11H9FO2S/c1-2-14-11(13)10-5-7-3-4-8(12)6-9(7)15-10/h3-6H,2H2,1H3. The van der Waals surface area contributed by atoms with Gasteiger partial charge in [0, 0.05) is 4.70 Å². The minimum Gasteiger partial charge on any atom is -0.462 e. The fourth-order valence-corrected chi connectivity index (χ4v) is 2.29. The van der Waals surface area contributed by atoms with E-state index in [2.05, 4.69) is 0 Å². The van der Waals surface area contributed by atoms with Crippen molar-refractivity contribution in [2.45, 2.75) is 6.92 Å². The van der Waals surface area contributed by atoms with Gasteiger partial charge in [-0.1, -0.05) is 6.07 Å². The van der Waals surface area contributed by atoms with E-state index in [-0.39, 0.29) is 11.8 Å². The van der Waals surface area contributed by atoms with Gasteiger partial charge >= 0.3 is 5.97 Å². The molecular weight excluding hydrogens is 215 g/mol. The molecule has 4 heteroatoms. The van der Waals surface area contributed by atoms with Crippen LogP contribution in [0.5, 0.6) is 0 Å². The van der Waals surface area contributed by atoms with E-state index < -0.39 is 0 Å². The van der Waals surface area contributed by atoms with Crippen LogP contribution in [-0.2, 0) is 4.74 Å². The van der Waals surface area contributed by atoms with E-state index in [4.69, 9.17) is 4.74 Å². The summed E-state index contributed by atoms with van der Waals surface area (Å²) in [6.07, 6.45) is 0. The van der Waals surface area contributed by atoms with Crippen molar-refractivity contribution in [1.29, 1.82) is 0 Å². The van der Waals surface area contributed by atoms with E-state index >= 15 is 0 Å². The highest BCUT2D eigenvalue weighted by Crippen LogP contribution is 2.26. The van der Waals surface area contributed by atoms with Crippen molar-refractivity contribution in [2.24, 2.45) is 0 Å². The number of thiophene rings is 1. The number of hydrogen-bond donors (Lipinski definition) is 0. The largest absolute Gasteiger partial charge is 0.462 e. The zero-order chi connectivity index (χ0) is 10.8. The Balaban J connectivity index is 2.42. The number of hydrogen-bond acceptors (Lipinski definition) is 3. The SMILES string of the molecule is CCOC(=O)c1cc2ccc(F)cc2s1. The minimum atomic E-state index is -0.348. The van der Waals surface area contributed by atoms with Gasteiger partial charge in [0.25, 0.3) is 0 Å². The molecule has 15 heavy (non-hydrogen) atoms. The molecule has 0 aliphatic heterocycles. The Morgan fingerprint density at radius 2 is 2.27 bits per heavy atom. The smallest absolute Gasteiger partial charge is 0.348 e. The van der Waals surface area contributed by atoms with Gasteiger partial charge < -0.3 is 4.74 Å². The zero-order valence-electron chi connectivity index (χ0n) is 8.12. The lowest BCUT2D eigenvalue weighted by Gasteiger charge is -1.95. The molecule has 0 radical (unpaired) electrons. The molecule has 0 amide bonds. The minimum absolute atomic E-state index is 0.292. The van der Waals surface area contributed by atoms with Crippen LogP contribution in [0.3, 0.4) is 0 Å². The quantitative estimate of drug-likeness (QED) is 0.732. The van der Waals surface area contributed by atoms with Crippen molar-refractivity contribution in [3.63, 3.8) is 0 Å². The fourth-order valence-electron chi connectivity index (χ4n) is 1.31. The summed E-state index contributed by atoms with van der Waals surface area (Å²) in [6, 6.07) is 6.17. The maximum atomic E-state index is 12.9. The Morgan fingerprint density at radius 3 is 3.00 bits per heavy atom. The van der Waals surface area contributed by atoms with Gasteiger partial charge in [0.15, 0.2) is 0 Å². The number of halogens is 1. The highest BCUT2D eigenvalue weighted by atomic mass is 32.1. The van der Waals surface area contributed by atoms with E-state index in [1.54, 1.807) is 19.1 Å². The third-order valence-electron chi connectivity index (χ3n) is 1.96. The third-order valence-corrected chi connectivity index (χ3v) is 3.04. The molecule has 2 nitrogen and oxygen atoms in total. The van der Waals surface area contributed by atoms with E-state index in [0.717, 1.165) is 10.1 Å². The van der Waals surface area contributed by atoms with Gasteiger partial charge in [-0.2, -0.15) is 0 Å². The van der Waals surface area contributed by atoms with Gasteiger partial charge in [-0.3, -0.25) is 0 Å². The van der Waals surface area contributed by atoms with Crippen LogP contribution in [0.1, 0.15) is 16.6 Å². The number of esters is 1. The summed E-state index contributed by atoms with van der Waals surface area (Å²) in [5.41, 5.74) is 0. The first kappa shape index (κ1) is 10.1. The molecule has 0 atom stereocenters. The molecule has 1 aromatic carbocycles. The summed E-state index contributed by atoms with van der Waals surface area (Å²) in [7, 11) is 0. The average molecular weight is 224 g/mol. The molecular formula is C11H9FO2S. The van der Waals surface area contributed by atoms with Gasteiger partial charge in [-0.25, -0.2) is 9.18 Å². The predicted molar refractivity (Wildman–Crippen MR) is 57.7 cm³/mol. The zero-order valence-corrected chi connectivity index (χ0v) is 8.94. The van der Waals surface area contributed by atoms with E-state index in [1.807, 2.05) is 0 Å². The molecule has 2 rings (SSSR count). The number of fused-ring (bicyclic) bond motifs is 1. The van der Waals surface area contributed by atoms with Crippen molar-refractivity contribution in [1.82, 2.24) is 0 Å². The average Bonchev–Trinajstić information content (AvgIpc) is 2.60. The number of benzene rings is 1. The van der Waals surface area contributed by atoms with Crippen molar-refractivity contribution in [2.75, 3.05) is 6.61 Å². The first-order valence-electron chi connectivity index (χ1n) is 4.57. The Hall–Kier alpha value is -1.42. The third kappa shape index (κ3) is 1.99. The molecule has 0 saturated carbocycles.